The lowest BCUT2D eigenvalue weighted by Crippen LogP contribution is -2.54. The van der Waals surface area contributed by atoms with Crippen molar-refractivity contribution >= 4 is 11.8 Å². The summed E-state index contributed by atoms with van der Waals surface area (Å²) in [6.07, 6.45) is 0.985. The minimum Gasteiger partial charge on any atom is -0.762 e. The SMILES string of the molecule is O=C(NCCC1(N([O-])O)CCN(C(=O)c2ccccc2)CC1)c1ccccc1. The van der Waals surface area contributed by atoms with Crippen LogP contribution in [0.4, 0.5) is 0 Å². The third-order valence-electron chi connectivity index (χ3n) is 5.32. The lowest BCUT2D eigenvalue weighted by Gasteiger charge is -2.49. The van der Waals surface area contributed by atoms with Crippen LogP contribution in [0, 0.1) is 5.21 Å². The number of hydroxylamine groups is 2. The number of benzene rings is 2. The maximum atomic E-state index is 12.6. The Morgan fingerprint density at radius 1 is 1.00 bits per heavy atom. The number of nitrogens with one attached hydrogen (secondary N) is 1. The van der Waals surface area contributed by atoms with Crippen LogP contribution in [0.3, 0.4) is 0 Å². The topological polar surface area (TPSA) is 95.9 Å². The van der Waals surface area contributed by atoms with Crippen molar-refractivity contribution in [3.63, 3.8) is 0 Å². The van der Waals surface area contributed by atoms with Gasteiger partial charge in [-0.25, -0.2) is 0 Å². The highest BCUT2D eigenvalue weighted by Gasteiger charge is 2.37. The summed E-state index contributed by atoms with van der Waals surface area (Å²) in [6.45, 7) is 1.01. The lowest BCUT2D eigenvalue weighted by atomic mass is 9.84. The number of likely N-dealkylation sites (tertiary alicyclic amines) is 1. The summed E-state index contributed by atoms with van der Waals surface area (Å²) in [6, 6.07) is 17.8. The molecule has 0 unspecified atom stereocenters. The van der Waals surface area contributed by atoms with Gasteiger partial charge in [0.15, 0.2) is 0 Å². The molecule has 2 amide bonds. The van der Waals surface area contributed by atoms with Crippen LogP contribution in [0.1, 0.15) is 40.0 Å². The van der Waals surface area contributed by atoms with E-state index in [0.717, 1.165) is 0 Å². The van der Waals surface area contributed by atoms with Gasteiger partial charge in [-0.05, 0) is 43.5 Å². The van der Waals surface area contributed by atoms with Crippen molar-refractivity contribution in [2.75, 3.05) is 19.6 Å². The van der Waals surface area contributed by atoms with Crippen molar-refractivity contribution < 1.29 is 14.8 Å². The summed E-state index contributed by atoms with van der Waals surface area (Å²) in [5, 5.41) is 24.4. The van der Waals surface area contributed by atoms with E-state index < -0.39 is 5.54 Å². The Morgan fingerprint density at radius 2 is 1.54 bits per heavy atom. The molecule has 0 radical (unpaired) electrons. The van der Waals surface area contributed by atoms with Crippen LogP contribution >= 0.6 is 0 Å². The van der Waals surface area contributed by atoms with Crippen molar-refractivity contribution in [2.45, 2.75) is 24.8 Å². The molecule has 0 spiro atoms. The van der Waals surface area contributed by atoms with Crippen LogP contribution in [-0.4, -0.2) is 52.3 Å². The Bertz CT molecular complexity index is 782. The second-order valence-electron chi connectivity index (χ2n) is 7.03. The third-order valence-corrected chi connectivity index (χ3v) is 5.32. The first-order valence-electron chi connectivity index (χ1n) is 9.36. The fourth-order valence-corrected chi connectivity index (χ4v) is 3.53. The highest BCUT2D eigenvalue weighted by Crippen LogP contribution is 2.31. The van der Waals surface area contributed by atoms with Crippen molar-refractivity contribution in [2.24, 2.45) is 0 Å². The molecule has 1 saturated heterocycles. The van der Waals surface area contributed by atoms with E-state index in [1.807, 2.05) is 24.3 Å². The zero-order chi connectivity index (χ0) is 20.0. The van der Waals surface area contributed by atoms with Gasteiger partial charge in [0.25, 0.3) is 11.8 Å². The molecule has 0 bridgehead atoms. The second kappa shape index (κ2) is 8.97. The average Bonchev–Trinajstić information content (AvgIpc) is 2.74. The zero-order valence-electron chi connectivity index (χ0n) is 15.6. The Kier molecular flexibility index (Phi) is 6.41. The largest absolute Gasteiger partial charge is 0.762 e. The van der Waals surface area contributed by atoms with E-state index in [-0.39, 0.29) is 23.6 Å². The standard InChI is InChI=1S/C21H24N3O4/c25-19(17-7-3-1-4-8-17)22-14-11-21(24(27)28)12-15-23(16-13-21)20(26)18-9-5-2-6-10-18/h1-10,27H,11-16H2,(H,22,25)/q-1. The average molecular weight is 382 g/mol. The minimum absolute atomic E-state index is 0.00596. The number of carbonyl (C=O) groups is 2. The van der Waals surface area contributed by atoms with Gasteiger partial charge in [-0.3, -0.25) is 14.8 Å². The van der Waals surface area contributed by atoms with Gasteiger partial charge in [-0.15, -0.1) is 0 Å². The molecule has 2 aromatic rings. The highest BCUT2D eigenvalue weighted by molar-refractivity contribution is 5.94. The van der Waals surface area contributed by atoms with E-state index in [2.05, 4.69) is 5.32 Å². The maximum Gasteiger partial charge on any atom is 0.253 e. The van der Waals surface area contributed by atoms with E-state index >= 15 is 0 Å². The van der Waals surface area contributed by atoms with E-state index in [9.17, 15) is 20.0 Å². The van der Waals surface area contributed by atoms with Gasteiger partial charge >= 0.3 is 0 Å². The molecule has 1 heterocycles. The first-order valence-corrected chi connectivity index (χ1v) is 9.36. The molecule has 3 rings (SSSR count). The summed E-state index contributed by atoms with van der Waals surface area (Å²) in [5.41, 5.74) is 0.146. The molecule has 148 valence electrons. The number of rotatable bonds is 6. The molecule has 0 aliphatic carbocycles. The summed E-state index contributed by atoms with van der Waals surface area (Å²) < 4.78 is 0. The van der Waals surface area contributed by atoms with Crippen LogP contribution in [-0.2, 0) is 0 Å². The first kappa shape index (κ1) is 20.0. The van der Waals surface area contributed by atoms with Crippen LogP contribution in [0.25, 0.3) is 0 Å². The molecular weight excluding hydrogens is 358 g/mol. The molecule has 0 aromatic heterocycles. The van der Waals surface area contributed by atoms with Gasteiger partial charge in [0.2, 0.25) is 0 Å². The molecule has 2 N–H and O–H groups in total. The van der Waals surface area contributed by atoms with E-state index in [4.69, 9.17) is 0 Å². The molecule has 7 nitrogen and oxygen atoms in total. The predicted octanol–water partition coefficient (Wildman–Crippen LogP) is 2.67. The molecule has 2 aromatic carbocycles. The summed E-state index contributed by atoms with van der Waals surface area (Å²) in [7, 11) is 0. The van der Waals surface area contributed by atoms with Crippen molar-refractivity contribution in [3.8, 4) is 0 Å². The molecule has 1 aliphatic rings. The Morgan fingerprint density at radius 3 is 2.07 bits per heavy atom. The third kappa shape index (κ3) is 4.56. The highest BCUT2D eigenvalue weighted by atomic mass is 16.8. The van der Waals surface area contributed by atoms with E-state index in [1.165, 1.54) is 0 Å². The van der Waals surface area contributed by atoms with Crippen LogP contribution < -0.4 is 5.32 Å². The van der Waals surface area contributed by atoms with Crippen molar-refractivity contribution in [1.29, 1.82) is 0 Å². The normalized spacial score (nSPS) is 16.0. The van der Waals surface area contributed by atoms with Gasteiger partial charge in [0.05, 0.1) is 0 Å². The quantitative estimate of drug-likeness (QED) is 0.749. The Balaban J connectivity index is 1.55. The first-order chi connectivity index (χ1) is 13.5. The monoisotopic (exact) mass is 382 g/mol. The molecular formula is C21H24N3O4-. The fourth-order valence-electron chi connectivity index (χ4n) is 3.53. The van der Waals surface area contributed by atoms with E-state index in [1.54, 1.807) is 41.3 Å². The summed E-state index contributed by atoms with van der Waals surface area (Å²) >= 11 is 0. The maximum absolute atomic E-state index is 12.6. The summed E-state index contributed by atoms with van der Waals surface area (Å²) in [5.74, 6) is -0.301. The molecule has 7 heteroatoms. The van der Waals surface area contributed by atoms with Crippen LogP contribution in [0.15, 0.2) is 60.7 Å². The number of hydrogen-bond donors (Lipinski definition) is 2. The van der Waals surface area contributed by atoms with Gasteiger partial charge in [-0.1, -0.05) is 36.4 Å². The fraction of sp³-hybridized carbons (Fsp3) is 0.333. The Labute approximate surface area is 164 Å². The van der Waals surface area contributed by atoms with E-state index in [0.29, 0.717) is 43.5 Å². The zero-order valence-corrected chi connectivity index (χ0v) is 15.6. The molecule has 0 atom stereocenters. The number of nitrogens with zero attached hydrogens (tertiary/aromatic N) is 2. The van der Waals surface area contributed by atoms with Crippen molar-refractivity contribution in [1.82, 2.24) is 15.4 Å². The predicted molar refractivity (Wildman–Crippen MR) is 105 cm³/mol. The Hall–Kier alpha value is -2.74. The number of hydrogen-bond acceptors (Lipinski definition) is 5. The van der Waals surface area contributed by atoms with Gasteiger partial charge < -0.3 is 20.6 Å². The van der Waals surface area contributed by atoms with Crippen molar-refractivity contribution in [3.05, 3.63) is 77.0 Å². The minimum atomic E-state index is -1.00. The molecule has 1 aliphatic heterocycles. The number of carbonyl (C=O) groups excluding carboxylic acids is 2. The summed E-state index contributed by atoms with van der Waals surface area (Å²) in [4.78, 5) is 26.4. The van der Waals surface area contributed by atoms with Crippen LogP contribution in [0.2, 0.25) is 0 Å². The number of amides is 2. The molecule has 28 heavy (non-hydrogen) atoms. The lowest BCUT2D eigenvalue weighted by molar-refractivity contribution is -0.150. The van der Waals surface area contributed by atoms with Gasteiger partial charge in [-0.2, -0.15) is 0 Å². The van der Waals surface area contributed by atoms with Gasteiger partial charge in [0.1, 0.15) is 0 Å². The van der Waals surface area contributed by atoms with Crippen LogP contribution in [0.5, 0.6) is 0 Å². The smallest absolute Gasteiger partial charge is 0.253 e. The molecule has 1 fully saturated rings. The second-order valence-corrected chi connectivity index (χ2v) is 7.03. The van der Waals surface area contributed by atoms with Gasteiger partial charge in [0, 0.05) is 36.3 Å². The number of piperidine rings is 1. The molecule has 0 saturated carbocycles.